The largest absolute Gasteiger partial charge is 0.490 e. The number of aromatic nitrogens is 4. The predicted octanol–water partition coefficient (Wildman–Crippen LogP) is 4.70. The maximum Gasteiger partial charge on any atom is 0.282 e. The number of amides is 1. The van der Waals surface area contributed by atoms with Crippen molar-refractivity contribution in [1.29, 1.82) is 0 Å². The molecule has 2 atom stereocenters. The van der Waals surface area contributed by atoms with E-state index in [1.54, 1.807) is 4.90 Å². The van der Waals surface area contributed by atoms with Crippen molar-refractivity contribution in [1.82, 2.24) is 34.9 Å². The second-order valence-electron chi connectivity index (χ2n) is 15.6. The molecule has 13 nitrogen and oxygen atoms in total. The number of morpholine rings is 1. The topological polar surface area (TPSA) is 119 Å². The highest BCUT2D eigenvalue weighted by molar-refractivity contribution is 5.97. The highest BCUT2D eigenvalue weighted by Gasteiger charge is 2.54. The van der Waals surface area contributed by atoms with E-state index >= 15 is 0 Å². The van der Waals surface area contributed by atoms with Crippen LogP contribution in [0.2, 0.25) is 0 Å². The van der Waals surface area contributed by atoms with Gasteiger partial charge in [0.05, 0.1) is 37.6 Å². The van der Waals surface area contributed by atoms with E-state index in [9.17, 15) is 9.18 Å². The number of fused-ring (bicyclic) bond motifs is 1. The van der Waals surface area contributed by atoms with Crippen molar-refractivity contribution in [2.24, 2.45) is 5.41 Å². The van der Waals surface area contributed by atoms with Gasteiger partial charge in [-0.3, -0.25) is 19.6 Å². The second kappa shape index (κ2) is 15.8. The van der Waals surface area contributed by atoms with E-state index in [-0.39, 0.29) is 46.7 Å². The monoisotopic (exact) mass is 730 g/mol. The number of nitrogens with zero attached hydrogens (tertiary/aromatic N) is 8. The lowest BCUT2D eigenvalue weighted by atomic mass is 9.61. The molecule has 1 amide bonds. The Morgan fingerprint density at radius 3 is 2.66 bits per heavy atom. The SMILES string of the molecule is C[C@@H]1COC[C@@H](C)N1C(=O)c1cc(F)ccc1Oc1nncnc1N1CC2(CC(Oc3ccnc4c3CN(CCCN3CCCCCOC3)CC4)C2)C1. The van der Waals surface area contributed by atoms with Gasteiger partial charge in [0.25, 0.3) is 11.8 Å². The van der Waals surface area contributed by atoms with Crippen LogP contribution in [-0.4, -0.2) is 125 Å². The van der Waals surface area contributed by atoms with Crippen molar-refractivity contribution in [3.63, 3.8) is 0 Å². The van der Waals surface area contributed by atoms with E-state index in [0.717, 1.165) is 96.3 Å². The number of hydrogen-bond acceptors (Lipinski definition) is 12. The van der Waals surface area contributed by atoms with Crippen molar-refractivity contribution in [3.05, 3.63) is 59.4 Å². The zero-order chi connectivity index (χ0) is 36.4. The molecule has 4 aliphatic heterocycles. The average molecular weight is 731 g/mol. The number of benzene rings is 1. The fourth-order valence-electron chi connectivity index (χ4n) is 8.73. The smallest absolute Gasteiger partial charge is 0.282 e. The Morgan fingerprint density at radius 1 is 0.981 bits per heavy atom. The van der Waals surface area contributed by atoms with Crippen molar-refractivity contribution < 1.29 is 28.1 Å². The molecule has 1 aromatic carbocycles. The van der Waals surface area contributed by atoms with Crippen LogP contribution < -0.4 is 14.4 Å². The molecule has 53 heavy (non-hydrogen) atoms. The lowest BCUT2D eigenvalue weighted by molar-refractivity contribution is -0.0353. The van der Waals surface area contributed by atoms with Gasteiger partial charge in [-0.1, -0.05) is 0 Å². The van der Waals surface area contributed by atoms with E-state index in [0.29, 0.717) is 19.0 Å². The van der Waals surface area contributed by atoms with Gasteiger partial charge < -0.3 is 28.7 Å². The molecule has 0 bridgehead atoms. The first kappa shape index (κ1) is 36.0. The minimum absolute atomic E-state index is 0.126. The summed E-state index contributed by atoms with van der Waals surface area (Å²) in [5, 5.41) is 8.21. The first-order valence-corrected chi connectivity index (χ1v) is 19.3. The third-order valence-corrected chi connectivity index (χ3v) is 11.5. The number of anilines is 1. The first-order valence-electron chi connectivity index (χ1n) is 19.3. The van der Waals surface area contributed by atoms with Crippen LogP contribution >= 0.6 is 0 Å². The van der Waals surface area contributed by atoms with E-state index in [4.69, 9.17) is 23.9 Å². The molecule has 3 saturated heterocycles. The van der Waals surface area contributed by atoms with Gasteiger partial charge in [-0.25, -0.2) is 9.37 Å². The number of carbonyl (C=O) groups excluding carboxylic acids is 1. The molecule has 8 rings (SSSR count). The van der Waals surface area contributed by atoms with Gasteiger partial charge in [0.2, 0.25) is 0 Å². The maximum atomic E-state index is 14.5. The zero-order valence-electron chi connectivity index (χ0n) is 30.9. The Labute approximate surface area is 310 Å². The Kier molecular flexibility index (Phi) is 10.7. The fourth-order valence-corrected chi connectivity index (χ4v) is 8.73. The minimum atomic E-state index is -0.521. The number of pyridine rings is 1. The molecule has 0 radical (unpaired) electrons. The lowest BCUT2D eigenvalue weighted by Crippen LogP contribution is -2.65. The molecule has 1 spiro atoms. The molecule has 14 heteroatoms. The summed E-state index contributed by atoms with van der Waals surface area (Å²) in [5.41, 5.74) is 2.64. The molecule has 4 fully saturated rings. The average Bonchev–Trinajstić information content (AvgIpc) is 3.10. The zero-order valence-corrected chi connectivity index (χ0v) is 30.9. The van der Waals surface area contributed by atoms with Crippen LogP contribution in [0.3, 0.4) is 0 Å². The standard InChI is InChI=1S/C39H51FN8O5/c1-27-21-51-22-28(2)48(27)38(49)31-17-29(40)7-8-34(31)53-37-36(42-25-43-44-37)47-23-39(24-47)18-30(19-39)52-35-9-11-41-33-10-15-45(20-32(33)35)13-6-14-46-12-4-3-5-16-50-26-46/h7-9,11,17,25,27-28,30H,3-6,10,12-16,18-24,26H2,1-2H3/t27-,28-/m1/s1. The Balaban J connectivity index is 0.862. The third kappa shape index (κ3) is 7.96. The number of ether oxygens (including phenoxy) is 4. The van der Waals surface area contributed by atoms with Crippen LogP contribution in [0.25, 0.3) is 0 Å². The molecule has 0 unspecified atom stereocenters. The summed E-state index contributed by atoms with van der Waals surface area (Å²) >= 11 is 0. The van der Waals surface area contributed by atoms with Gasteiger partial charge in [-0.05, 0) is 83.2 Å². The van der Waals surface area contributed by atoms with Crippen LogP contribution in [0.15, 0.2) is 36.8 Å². The van der Waals surface area contributed by atoms with Crippen LogP contribution in [-0.2, 0) is 22.4 Å². The summed E-state index contributed by atoms with van der Waals surface area (Å²) in [4.78, 5) is 31.8. The summed E-state index contributed by atoms with van der Waals surface area (Å²) in [7, 11) is 0. The van der Waals surface area contributed by atoms with Crippen LogP contribution in [0.4, 0.5) is 10.2 Å². The number of halogens is 1. The number of rotatable bonds is 10. The molecule has 2 aromatic heterocycles. The van der Waals surface area contributed by atoms with Gasteiger partial charge in [0.15, 0.2) is 5.82 Å². The lowest BCUT2D eigenvalue weighted by Gasteiger charge is -2.58. The van der Waals surface area contributed by atoms with E-state index in [2.05, 4.69) is 29.9 Å². The molecule has 284 valence electrons. The van der Waals surface area contributed by atoms with Gasteiger partial charge in [-0.2, -0.15) is 0 Å². The third-order valence-electron chi connectivity index (χ3n) is 11.5. The second-order valence-corrected chi connectivity index (χ2v) is 15.6. The summed E-state index contributed by atoms with van der Waals surface area (Å²) in [6, 6.07) is 5.67. The highest BCUT2D eigenvalue weighted by atomic mass is 19.1. The van der Waals surface area contributed by atoms with Gasteiger partial charge in [0, 0.05) is 75.2 Å². The summed E-state index contributed by atoms with van der Waals surface area (Å²) in [6.07, 6.45) is 11.1. The summed E-state index contributed by atoms with van der Waals surface area (Å²) in [5.74, 6) is 1.07. The maximum absolute atomic E-state index is 14.5. The molecule has 1 saturated carbocycles. The summed E-state index contributed by atoms with van der Waals surface area (Å²) < 4.78 is 38.8. The fraction of sp³-hybridized carbons (Fsp3) is 0.615. The van der Waals surface area contributed by atoms with Crippen molar-refractivity contribution in [2.75, 3.05) is 70.7 Å². The molecule has 1 aliphatic carbocycles. The van der Waals surface area contributed by atoms with Crippen LogP contribution in [0, 0.1) is 11.2 Å². The van der Waals surface area contributed by atoms with E-state index in [1.807, 2.05) is 26.1 Å². The van der Waals surface area contributed by atoms with Gasteiger partial charge >= 0.3 is 0 Å². The number of hydrogen-bond donors (Lipinski definition) is 0. The van der Waals surface area contributed by atoms with Crippen molar-refractivity contribution in [2.45, 2.75) is 83.5 Å². The minimum Gasteiger partial charge on any atom is -0.490 e. The molecular formula is C39H51FN8O5. The van der Waals surface area contributed by atoms with Crippen LogP contribution in [0.5, 0.6) is 17.4 Å². The highest BCUT2D eigenvalue weighted by Crippen LogP contribution is 2.52. The van der Waals surface area contributed by atoms with Crippen LogP contribution in [0.1, 0.15) is 74.0 Å². The Morgan fingerprint density at radius 2 is 1.81 bits per heavy atom. The van der Waals surface area contributed by atoms with Crippen molar-refractivity contribution >= 4 is 11.7 Å². The van der Waals surface area contributed by atoms with Crippen molar-refractivity contribution in [3.8, 4) is 17.4 Å². The van der Waals surface area contributed by atoms with Gasteiger partial charge in [0.1, 0.15) is 29.7 Å². The molecule has 0 N–H and O–H groups in total. The molecule has 5 aliphatic rings. The van der Waals surface area contributed by atoms with E-state index < -0.39 is 5.82 Å². The quantitative estimate of drug-likeness (QED) is 0.288. The molecular weight excluding hydrogens is 679 g/mol. The normalized spacial score (nSPS) is 23.8. The molecule has 6 heterocycles. The Bertz CT molecular complexity index is 1730. The molecule has 3 aromatic rings. The predicted molar refractivity (Wildman–Crippen MR) is 195 cm³/mol. The summed E-state index contributed by atoms with van der Waals surface area (Å²) in [6.45, 7) is 13.0. The van der Waals surface area contributed by atoms with E-state index in [1.165, 1.54) is 49.4 Å². The first-order chi connectivity index (χ1) is 25.8. The Hall–Kier alpha value is -3.98. The van der Waals surface area contributed by atoms with Gasteiger partial charge in [-0.15, -0.1) is 10.2 Å². The number of carbonyl (C=O) groups is 1.